The molecule has 8 heteroatoms. The summed E-state index contributed by atoms with van der Waals surface area (Å²) in [7, 11) is -3.84. The van der Waals surface area contributed by atoms with Gasteiger partial charge in [-0.05, 0) is 6.07 Å². The van der Waals surface area contributed by atoms with Crippen molar-refractivity contribution in [1.29, 1.82) is 0 Å². The summed E-state index contributed by atoms with van der Waals surface area (Å²) < 4.78 is 25.2. The standard InChI is InChI=1S/C9H12ClN3O3S/c1-2-13(6-9(11)14)17(15,16)8-5-12-4-3-7(8)10/h3-5H,2,6H2,1H3,(H2,11,14). The topological polar surface area (TPSA) is 93.4 Å². The Morgan fingerprint density at radius 2 is 2.24 bits per heavy atom. The number of pyridine rings is 1. The van der Waals surface area contributed by atoms with E-state index in [-0.39, 0.29) is 23.0 Å². The van der Waals surface area contributed by atoms with Gasteiger partial charge in [-0.2, -0.15) is 4.31 Å². The number of amides is 1. The van der Waals surface area contributed by atoms with Crippen LogP contribution in [0.4, 0.5) is 0 Å². The second kappa shape index (κ2) is 5.44. The van der Waals surface area contributed by atoms with E-state index in [0.29, 0.717) is 0 Å². The quantitative estimate of drug-likeness (QED) is 0.834. The van der Waals surface area contributed by atoms with Crippen molar-refractivity contribution in [3.63, 3.8) is 0 Å². The van der Waals surface area contributed by atoms with E-state index in [1.807, 2.05) is 0 Å². The van der Waals surface area contributed by atoms with Crippen LogP contribution >= 0.6 is 11.6 Å². The van der Waals surface area contributed by atoms with Crippen molar-refractivity contribution < 1.29 is 13.2 Å². The Balaban J connectivity index is 3.18. The summed E-state index contributed by atoms with van der Waals surface area (Å²) in [5.41, 5.74) is 4.99. The third-order valence-corrected chi connectivity index (χ3v) is 4.43. The van der Waals surface area contributed by atoms with Crippen molar-refractivity contribution in [1.82, 2.24) is 9.29 Å². The highest BCUT2D eigenvalue weighted by Crippen LogP contribution is 2.22. The largest absolute Gasteiger partial charge is 0.369 e. The number of nitrogens with zero attached hydrogens (tertiary/aromatic N) is 2. The maximum Gasteiger partial charge on any atom is 0.246 e. The zero-order valence-electron chi connectivity index (χ0n) is 9.13. The molecule has 6 nitrogen and oxygen atoms in total. The Hall–Kier alpha value is -1.18. The zero-order valence-corrected chi connectivity index (χ0v) is 10.7. The van der Waals surface area contributed by atoms with Gasteiger partial charge >= 0.3 is 0 Å². The van der Waals surface area contributed by atoms with Gasteiger partial charge < -0.3 is 5.73 Å². The first kappa shape index (κ1) is 13.9. The van der Waals surface area contributed by atoms with Crippen LogP contribution in [0.5, 0.6) is 0 Å². The smallest absolute Gasteiger partial charge is 0.246 e. The molecule has 1 heterocycles. The molecule has 17 heavy (non-hydrogen) atoms. The van der Waals surface area contributed by atoms with E-state index in [1.54, 1.807) is 6.92 Å². The van der Waals surface area contributed by atoms with Crippen LogP contribution in [0, 0.1) is 0 Å². The summed E-state index contributed by atoms with van der Waals surface area (Å²) in [5, 5.41) is 0.0583. The van der Waals surface area contributed by atoms with Crippen molar-refractivity contribution in [3.8, 4) is 0 Å². The molecule has 0 fully saturated rings. The molecule has 2 N–H and O–H groups in total. The maximum atomic E-state index is 12.1. The van der Waals surface area contributed by atoms with Crippen molar-refractivity contribution in [2.45, 2.75) is 11.8 Å². The number of sulfonamides is 1. The lowest BCUT2D eigenvalue weighted by atomic mass is 10.5. The van der Waals surface area contributed by atoms with Crippen molar-refractivity contribution >= 4 is 27.5 Å². The molecule has 0 aliphatic carbocycles. The van der Waals surface area contributed by atoms with Crippen LogP contribution in [0.25, 0.3) is 0 Å². The van der Waals surface area contributed by atoms with Crippen LogP contribution in [0.3, 0.4) is 0 Å². The fourth-order valence-corrected chi connectivity index (χ4v) is 3.05. The number of carbonyl (C=O) groups excluding carboxylic acids is 1. The summed E-state index contributed by atoms with van der Waals surface area (Å²) in [4.78, 5) is 14.4. The average Bonchev–Trinajstić information content (AvgIpc) is 2.25. The fraction of sp³-hybridized carbons (Fsp3) is 0.333. The summed E-state index contributed by atoms with van der Waals surface area (Å²) in [5.74, 6) is -0.726. The lowest BCUT2D eigenvalue weighted by Gasteiger charge is -2.18. The van der Waals surface area contributed by atoms with Gasteiger partial charge in [-0.1, -0.05) is 18.5 Å². The number of rotatable bonds is 5. The molecule has 0 spiro atoms. The Morgan fingerprint density at radius 1 is 1.59 bits per heavy atom. The van der Waals surface area contributed by atoms with E-state index in [4.69, 9.17) is 17.3 Å². The van der Waals surface area contributed by atoms with Gasteiger partial charge in [-0.15, -0.1) is 0 Å². The van der Waals surface area contributed by atoms with Gasteiger partial charge in [-0.25, -0.2) is 8.42 Å². The predicted octanol–water partition coefficient (Wildman–Crippen LogP) is 0.231. The molecule has 0 atom stereocenters. The molecule has 0 aromatic carbocycles. The molecule has 1 rings (SSSR count). The first-order valence-electron chi connectivity index (χ1n) is 4.77. The zero-order chi connectivity index (χ0) is 13.1. The van der Waals surface area contributed by atoms with Crippen LogP contribution in [0.15, 0.2) is 23.4 Å². The molecular formula is C9H12ClN3O3S. The summed E-state index contributed by atoms with van der Waals surface area (Å²) in [6.07, 6.45) is 2.52. The Bertz CT molecular complexity index is 518. The number of carbonyl (C=O) groups is 1. The first-order valence-corrected chi connectivity index (χ1v) is 6.59. The second-order valence-electron chi connectivity index (χ2n) is 3.20. The molecule has 0 saturated heterocycles. The lowest BCUT2D eigenvalue weighted by molar-refractivity contribution is -0.118. The van der Waals surface area contributed by atoms with Gasteiger partial charge in [-0.3, -0.25) is 9.78 Å². The minimum absolute atomic E-state index is 0.0583. The lowest BCUT2D eigenvalue weighted by Crippen LogP contribution is -2.38. The van der Waals surface area contributed by atoms with Gasteiger partial charge in [0.25, 0.3) is 0 Å². The number of nitrogens with two attached hydrogens (primary N) is 1. The number of aromatic nitrogens is 1. The highest BCUT2D eigenvalue weighted by Gasteiger charge is 2.26. The monoisotopic (exact) mass is 277 g/mol. The van der Waals surface area contributed by atoms with Gasteiger partial charge in [0.1, 0.15) is 4.90 Å². The molecule has 0 bridgehead atoms. The first-order chi connectivity index (χ1) is 7.89. The van der Waals surface area contributed by atoms with Gasteiger partial charge in [0.05, 0.1) is 11.6 Å². The second-order valence-corrected chi connectivity index (χ2v) is 5.52. The highest BCUT2D eigenvalue weighted by molar-refractivity contribution is 7.89. The number of hydrogen-bond donors (Lipinski definition) is 1. The van der Waals surface area contributed by atoms with E-state index in [2.05, 4.69) is 4.98 Å². The third kappa shape index (κ3) is 3.15. The molecule has 94 valence electrons. The average molecular weight is 278 g/mol. The van der Waals surface area contributed by atoms with Gasteiger partial charge in [0, 0.05) is 18.9 Å². The van der Waals surface area contributed by atoms with Gasteiger partial charge in [0.15, 0.2) is 0 Å². The van der Waals surface area contributed by atoms with Gasteiger partial charge in [0.2, 0.25) is 15.9 Å². The molecule has 0 unspecified atom stereocenters. The molecule has 1 aromatic heterocycles. The van der Waals surface area contributed by atoms with Crippen molar-refractivity contribution in [2.75, 3.05) is 13.1 Å². The third-order valence-electron chi connectivity index (χ3n) is 2.04. The van der Waals surface area contributed by atoms with Crippen molar-refractivity contribution in [3.05, 3.63) is 23.5 Å². The Morgan fingerprint density at radius 3 is 2.71 bits per heavy atom. The summed E-state index contributed by atoms with van der Waals surface area (Å²) in [6, 6.07) is 1.37. The summed E-state index contributed by atoms with van der Waals surface area (Å²) in [6.45, 7) is 1.34. The van der Waals surface area contributed by atoms with Crippen LogP contribution in [0.2, 0.25) is 5.02 Å². The molecule has 0 saturated carbocycles. The molecule has 0 radical (unpaired) electrons. The minimum Gasteiger partial charge on any atom is -0.369 e. The summed E-state index contributed by atoms with van der Waals surface area (Å²) >= 11 is 5.78. The predicted molar refractivity (Wildman–Crippen MR) is 62.9 cm³/mol. The minimum atomic E-state index is -3.84. The molecule has 1 amide bonds. The number of hydrogen-bond acceptors (Lipinski definition) is 4. The van der Waals surface area contributed by atoms with Crippen LogP contribution in [-0.4, -0.2) is 36.7 Å². The highest BCUT2D eigenvalue weighted by atomic mass is 35.5. The maximum absolute atomic E-state index is 12.1. The molecule has 0 aliphatic heterocycles. The van der Waals surface area contributed by atoms with E-state index in [0.717, 1.165) is 10.5 Å². The van der Waals surface area contributed by atoms with Crippen molar-refractivity contribution in [2.24, 2.45) is 5.73 Å². The molecule has 0 aliphatic rings. The Kier molecular flexibility index (Phi) is 4.44. The van der Waals surface area contributed by atoms with Crippen LogP contribution < -0.4 is 5.73 Å². The van der Waals surface area contributed by atoms with E-state index in [9.17, 15) is 13.2 Å². The normalized spacial score (nSPS) is 11.7. The van der Waals surface area contributed by atoms with E-state index in [1.165, 1.54) is 12.3 Å². The number of halogens is 1. The fourth-order valence-electron chi connectivity index (χ4n) is 1.23. The molecule has 1 aromatic rings. The number of likely N-dealkylation sites (N-methyl/N-ethyl adjacent to an activating group) is 1. The Labute approximate surface area is 104 Å². The number of primary amides is 1. The van der Waals surface area contributed by atoms with E-state index < -0.39 is 15.9 Å². The SMILES string of the molecule is CCN(CC(N)=O)S(=O)(=O)c1cnccc1Cl. The van der Waals surface area contributed by atoms with Crippen LogP contribution in [0.1, 0.15) is 6.92 Å². The molecular weight excluding hydrogens is 266 g/mol. The van der Waals surface area contributed by atoms with Crippen LogP contribution in [-0.2, 0) is 14.8 Å². The van der Waals surface area contributed by atoms with E-state index >= 15 is 0 Å².